The predicted molar refractivity (Wildman–Crippen MR) is 97.4 cm³/mol. The van der Waals surface area contributed by atoms with Gasteiger partial charge in [-0.15, -0.1) is 10.2 Å². The summed E-state index contributed by atoms with van der Waals surface area (Å²) in [7, 11) is 0. The molecule has 3 rings (SSSR count). The topological polar surface area (TPSA) is 59.8 Å². The normalized spacial score (nSPS) is 16.6. The van der Waals surface area contributed by atoms with Gasteiger partial charge in [-0.3, -0.25) is 4.79 Å². The lowest BCUT2D eigenvalue weighted by Gasteiger charge is -2.17. The van der Waals surface area contributed by atoms with Gasteiger partial charge in [0.1, 0.15) is 6.33 Å². The summed E-state index contributed by atoms with van der Waals surface area (Å²) < 4.78 is 2.08. The first-order valence-corrected chi connectivity index (χ1v) is 9.44. The Bertz CT molecular complexity index is 711. The van der Waals surface area contributed by atoms with Crippen molar-refractivity contribution in [3.05, 3.63) is 36.2 Å². The zero-order valence-corrected chi connectivity index (χ0v) is 15.2. The Kier molecular flexibility index (Phi) is 5.23. The van der Waals surface area contributed by atoms with E-state index in [0.29, 0.717) is 12.0 Å². The van der Waals surface area contributed by atoms with Crippen molar-refractivity contribution in [1.29, 1.82) is 0 Å². The largest absolute Gasteiger partial charge is 0.325 e. The summed E-state index contributed by atoms with van der Waals surface area (Å²) in [6.07, 6.45) is 5.16. The number of nitrogens with zero attached hydrogens (tertiary/aromatic N) is 3. The second kappa shape index (κ2) is 7.38. The molecular weight excluding hydrogens is 320 g/mol. The van der Waals surface area contributed by atoms with Crippen molar-refractivity contribution in [3.8, 4) is 0 Å². The highest BCUT2D eigenvalue weighted by atomic mass is 32.2. The maximum atomic E-state index is 12.6. The number of rotatable bonds is 7. The highest BCUT2D eigenvalue weighted by Gasteiger charge is 2.28. The molecule has 2 unspecified atom stereocenters. The van der Waals surface area contributed by atoms with Crippen molar-refractivity contribution in [2.45, 2.75) is 62.4 Å². The Balaban J connectivity index is 1.67. The van der Waals surface area contributed by atoms with E-state index in [1.807, 2.05) is 25.1 Å². The van der Waals surface area contributed by atoms with E-state index in [1.165, 1.54) is 30.2 Å². The monoisotopic (exact) mass is 344 g/mol. The third-order valence-corrected chi connectivity index (χ3v) is 5.56. The molecule has 24 heavy (non-hydrogen) atoms. The molecule has 1 amide bonds. The van der Waals surface area contributed by atoms with Crippen molar-refractivity contribution < 1.29 is 4.79 Å². The number of carbonyl (C=O) groups is 1. The lowest BCUT2D eigenvalue weighted by Crippen LogP contribution is -2.23. The quantitative estimate of drug-likeness (QED) is 0.763. The smallest absolute Gasteiger partial charge is 0.237 e. The van der Waals surface area contributed by atoms with Gasteiger partial charge in [-0.05, 0) is 43.7 Å². The van der Waals surface area contributed by atoms with E-state index in [-0.39, 0.29) is 11.2 Å². The number of para-hydroxylation sites is 1. The van der Waals surface area contributed by atoms with Gasteiger partial charge < -0.3 is 9.88 Å². The fraction of sp³-hybridized carbons (Fsp3) is 0.500. The Morgan fingerprint density at radius 2 is 2.12 bits per heavy atom. The minimum Gasteiger partial charge on any atom is -0.325 e. The summed E-state index contributed by atoms with van der Waals surface area (Å²) in [4.78, 5) is 12.6. The van der Waals surface area contributed by atoms with Gasteiger partial charge in [-0.1, -0.05) is 43.8 Å². The first-order valence-electron chi connectivity index (χ1n) is 8.56. The van der Waals surface area contributed by atoms with Crippen LogP contribution in [0.2, 0.25) is 0 Å². The molecule has 6 heteroatoms. The highest BCUT2D eigenvalue weighted by Crippen LogP contribution is 2.38. The number of nitrogens with one attached hydrogen (secondary N) is 1. The molecule has 0 aliphatic heterocycles. The van der Waals surface area contributed by atoms with Crippen molar-refractivity contribution in [2.75, 3.05) is 5.32 Å². The van der Waals surface area contributed by atoms with Gasteiger partial charge in [0.15, 0.2) is 5.16 Å². The molecule has 2 aromatic rings. The van der Waals surface area contributed by atoms with Crippen LogP contribution in [-0.4, -0.2) is 25.9 Å². The fourth-order valence-electron chi connectivity index (χ4n) is 2.63. The van der Waals surface area contributed by atoms with Crippen LogP contribution in [0.4, 0.5) is 5.69 Å². The third kappa shape index (κ3) is 3.80. The molecule has 2 atom stereocenters. The maximum Gasteiger partial charge on any atom is 0.237 e. The number of amides is 1. The summed E-state index contributed by atoms with van der Waals surface area (Å²) >= 11 is 1.47. The Labute approximate surface area is 147 Å². The number of benzene rings is 1. The molecule has 0 spiro atoms. The Morgan fingerprint density at radius 3 is 2.83 bits per heavy atom. The Hall–Kier alpha value is -1.82. The zero-order valence-electron chi connectivity index (χ0n) is 14.4. The van der Waals surface area contributed by atoms with Crippen LogP contribution in [0, 0.1) is 0 Å². The predicted octanol–water partition coefficient (Wildman–Crippen LogP) is 4.25. The average molecular weight is 344 g/mol. The molecule has 1 aromatic heterocycles. The van der Waals surface area contributed by atoms with Gasteiger partial charge in [0.2, 0.25) is 5.91 Å². The standard InChI is InChI=1S/C18H24N4OS/c1-4-12(2)15-7-5-6-8-16(15)20-17(23)13(3)24-18-21-19-11-22(18)14-9-10-14/h5-8,11-14H,4,9-10H2,1-3H3,(H,20,23). The number of hydrogen-bond donors (Lipinski definition) is 1. The SMILES string of the molecule is CCC(C)c1ccccc1NC(=O)C(C)Sc1nncn1C1CC1. The van der Waals surface area contributed by atoms with Crippen LogP contribution in [0.25, 0.3) is 0 Å². The van der Waals surface area contributed by atoms with Crippen LogP contribution in [0.15, 0.2) is 35.7 Å². The van der Waals surface area contributed by atoms with Crippen molar-refractivity contribution in [1.82, 2.24) is 14.8 Å². The van der Waals surface area contributed by atoms with Crippen LogP contribution >= 0.6 is 11.8 Å². The van der Waals surface area contributed by atoms with E-state index < -0.39 is 0 Å². The molecule has 0 bridgehead atoms. The molecule has 0 saturated heterocycles. The van der Waals surface area contributed by atoms with Crippen molar-refractivity contribution >= 4 is 23.4 Å². The summed E-state index contributed by atoms with van der Waals surface area (Å²) in [5.41, 5.74) is 2.10. The maximum absolute atomic E-state index is 12.6. The summed E-state index contributed by atoms with van der Waals surface area (Å²) in [5, 5.41) is 11.8. The molecule has 1 aliphatic rings. The molecular formula is C18H24N4OS. The van der Waals surface area contributed by atoms with Crippen molar-refractivity contribution in [3.63, 3.8) is 0 Å². The van der Waals surface area contributed by atoms with E-state index in [4.69, 9.17) is 0 Å². The van der Waals surface area contributed by atoms with E-state index >= 15 is 0 Å². The number of thioether (sulfide) groups is 1. The lowest BCUT2D eigenvalue weighted by atomic mass is 9.97. The molecule has 128 valence electrons. The van der Waals surface area contributed by atoms with Gasteiger partial charge in [0.05, 0.1) is 5.25 Å². The van der Waals surface area contributed by atoms with Crippen LogP contribution in [0.5, 0.6) is 0 Å². The number of carbonyl (C=O) groups excluding carboxylic acids is 1. The van der Waals surface area contributed by atoms with E-state index in [2.05, 4.69) is 40.0 Å². The first kappa shape index (κ1) is 17.0. The van der Waals surface area contributed by atoms with E-state index in [1.54, 1.807) is 6.33 Å². The van der Waals surface area contributed by atoms with Gasteiger partial charge in [-0.2, -0.15) is 0 Å². The van der Waals surface area contributed by atoms with E-state index in [0.717, 1.165) is 17.3 Å². The van der Waals surface area contributed by atoms with Crippen LogP contribution in [0.3, 0.4) is 0 Å². The van der Waals surface area contributed by atoms with E-state index in [9.17, 15) is 4.79 Å². The van der Waals surface area contributed by atoms with Gasteiger partial charge in [-0.25, -0.2) is 0 Å². The molecule has 1 fully saturated rings. The minimum absolute atomic E-state index is 0.00102. The van der Waals surface area contributed by atoms with Crippen LogP contribution < -0.4 is 5.32 Å². The molecule has 0 radical (unpaired) electrons. The minimum atomic E-state index is -0.225. The molecule has 1 heterocycles. The lowest BCUT2D eigenvalue weighted by molar-refractivity contribution is -0.115. The first-order chi connectivity index (χ1) is 11.6. The molecule has 1 aromatic carbocycles. The summed E-state index contributed by atoms with van der Waals surface area (Å²) in [6, 6.07) is 8.56. The van der Waals surface area contributed by atoms with Crippen molar-refractivity contribution in [2.24, 2.45) is 0 Å². The zero-order chi connectivity index (χ0) is 17.1. The summed E-state index contributed by atoms with van der Waals surface area (Å²) in [6.45, 7) is 6.26. The second-order valence-corrected chi connectivity index (χ2v) is 7.71. The van der Waals surface area contributed by atoms with Crippen LogP contribution in [0.1, 0.15) is 57.6 Å². The molecule has 1 saturated carbocycles. The van der Waals surface area contributed by atoms with Gasteiger partial charge in [0, 0.05) is 11.7 Å². The Morgan fingerprint density at radius 1 is 1.38 bits per heavy atom. The molecule has 1 aliphatic carbocycles. The van der Waals surface area contributed by atoms with Crippen LogP contribution in [-0.2, 0) is 4.79 Å². The third-order valence-electron chi connectivity index (χ3n) is 4.49. The average Bonchev–Trinajstić information content (AvgIpc) is 3.34. The number of aromatic nitrogens is 3. The van der Waals surface area contributed by atoms with Gasteiger partial charge >= 0.3 is 0 Å². The summed E-state index contributed by atoms with van der Waals surface area (Å²) in [5.74, 6) is 0.420. The fourth-order valence-corrected chi connectivity index (χ4v) is 3.52. The van der Waals surface area contributed by atoms with Gasteiger partial charge in [0.25, 0.3) is 0 Å². The highest BCUT2D eigenvalue weighted by molar-refractivity contribution is 8.00. The number of hydrogen-bond acceptors (Lipinski definition) is 4. The second-order valence-electron chi connectivity index (χ2n) is 6.40. The number of anilines is 1. The molecule has 1 N–H and O–H groups in total. The molecule has 5 nitrogen and oxygen atoms in total.